The van der Waals surface area contributed by atoms with Crippen molar-refractivity contribution >= 4 is 18.3 Å². The van der Waals surface area contributed by atoms with Gasteiger partial charge in [0.25, 0.3) is 0 Å². The van der Waals surface area contributed by atoms with Crippen molar-refractivity contribution in [3.8, 4) is 5.75 Å². The highest BCUT2D eigenvalue weighted by Crippen LogP contribution is 2.20. The van der Waals surface area contributed by atoms with Crippen LogP contribution >= 0.6 is 12.4 Å². The minimum Gasteiger partial charge on any atom is -0.490 e. The Hall–Kier alpha value is -1.37. The molecule has 2 rings (SSSR count). The predicted octanol–water partition coefficient (Wildman–Crippen LogP) is 1.72. The van der Waals surface area contributed by atoms with E-state index in [9.17, 15) is 14.3 Å². The Bertz CT molecular complexity index is 511. The van der Waals surface area contributed by atoms with Gasteiger partial charge in [-0.15, -0.1) is 12.4 Å². The number of carbonyl (C=O) groups excluding carboxylic acids is 1. The fourth-order valence-electron chi connectivity index (χ4n) is 2.40. The Labute approximate surface area is 142 Å². The average Bonchev–Trinajstić information content (AvgIpc) is 2.48. The zero-order valence-corrected chi connectivity index (χ0v) is 14.2. The van der Waals surface area contributed by atoms with Crippen LogP contribution in [0.3, 0.4) is 0 Å². The fraction of sp³-hybridized carbons (Fsp3) is 0.562. The molecule has 1 atom stereocenters. The summed E-state index contributed by atoms with van der Waals surface area (Å²) in [4.78, 5) is 13.9. The van der Waals surface area contributed by atoms with E-state index in [1.54, 1.807) is 17.0 Å². The van der Waals surface area contributed by atoms with Gasteiger partial charge in [0, 0.05) is 25.9 Å². The first-order valence-corrected chi connectivity index (χ1v) is 7.46. The van der Waals surface area contributed by atoms with Gasteiger partial charge in [0.15, 0.2) is 0 Å². The first kappa shape index (κ1) is 19.7. The zero-order chi connectivity index (χ0) is 16.3. The Morgan fingerprint density at radius 2 is 1.87 bits per heavy atom. The third-order valence-electron chi connectivity index (χ3n) is 3.90. The molecule has 23 heavy (non-hydrogen) atoms. The first-order chi connectivity index (χ1) is 10.3. The van der Waals surface area contributed by atoms with E-state index >= 15 is 0 Å². The molecule has 0 radical (unpaired) electrons. The molecule has 130 valence electrons. The summed E-state index contributed by atoms with van der Waals surface area (Å²) in [5.74, 6) is 0.0838. The SMILES string of the molecule is CC(C)(O)[C@H](N)C(=O)N1CCC(Oc2ccc(F)cc2)CC1.Cl. The number of carbonyl (C=O) groups is 1. The Kier molecular flexibility index (Phi) is 6.80. The molecule has 1 fully saturated rings. The molecule has 0 spiro atoms. The van der Waals surface area contributed by atoms with Gasteiger partial charge in [-0.3, -0.25) is 4.79 Å². The molecule has 3 N–H and O–H groups in total. The maximum absolute atomic E-state index is 12.8. The number of ether oxygens (including phenoxy) is 1. The lowest BCUT2D eigenvalue weighted by Gasteiger charge is -2.36. The van der Waals surface area contributed by atoms with Gasteiger partial charge in [-0.25, -0.2) is 4.39 Å². The van der Waals surface area contributed by atoms with Crippen LogP contribution in [-0.2, 0) is 4.79 Å². The molecule has 0 unspecified atom stereocenters. The van der Waals surface area contributed by atoms with Crippen molar-refractivity contribution in [3.05, 3.63) is 30.1 Å². The maximum atomic E-state index is 12.8. The number of aliphatic hydroxyl groups is 1. The second kappa shape index (κ2) is 7.95. The molecular formula is C16H24ClFN2O3. The molecule has 0 aromatic heterocycles. The molecule has 1 saturated heterocycles. The zero-order valence-electron chi connectivity index (χ0n) is 13.4. The number of halogens is 2. The van der Waals surface area contributed by atoms with E-state index in [1.165, 1.54) is 26.0 Å². The predicted molar refractivity (Wildman–Crippen MR) is 88.2 cm³/mol. The van der Waals surface area contributed by atoms with Gasteiger partial charge in [-0.05, 0) is 38.1 Å². The molecule has 1 aliphatic rings. The number of nitrogens with zero attached hydrogens (tertiary/aromatic N) is 1. The van der Waals surface area contributed by atoms with Crippen LogP contribution in [0.15, 0.2) is 24.3 Å². The Balaban J connectivity index is 0.00000264. The molecule has 1 aromatic carbocycles. The van der Waals surface area contributed by atoms with Crippen molar-refractivity contribution in [1.29, 1.82) is 0 Å². The van der Waals surface area contributed by atoms with Gasteiger partial charge in [0.1, 0.15) is 23.7 Å². The minimum absolute atomic E-state index is 0. The van der Waals surface area contributed by atoms with Crippen LogP contribution in [0.2, 0.25) is 0 Å². The molecule has 7 heteroatoms. The third kappa shape index (κ3) is 5.34. The van der Waals surface area contributed by atoms with Crippen molar-refractivity contribution in [2.24, 2.45) is 5.73 Å². The summed E-state index contributed by atoms with van der Waals surface area (Å²) in [6, 6.07) is 4.97. The van der Waals surface area contributed by atoms with Gasteiger partial charge in [0.05, 0.1) is 5.60 Å². The maximum Gasteiger partial charge on any atom is 0.242 e. The van der Waals surface area contributed by atoms with Gasteiger partial charge in [0.2, 0.25) is 5.91 Å². The normalized spacial score (nSPS) is 17.3. The summed E-state index contributed by atoms with van der Waals surface area (Å²) in [6.07, 6.45) is 1.36. The monoisotopic (exact) mass is 346 g/mol. The van der Waals surface area contributed by atoms with E-state index in [-0.39, 0.29) is 30.2 Å². The summed E-state index contributed by atoms with van der Waals surface area (Å²) >= 11 is 0. The number of piperidine rings is 1. The van der Waals surface area contributed by atoms with E-state index in [0.29, 0.717) is 31.7 Å². The number of hydrogen-bond acceptors (Lipinski definition) is 4. The van der Waals surface area contributed by atoms with Crippen LogP contribution in [0.5, 0.6) is 5.75 Å². The summed E-state index contributed by atoms with van der Waals surface area (Å²) in [6.45, 7) is 4.13. The standard InChI is InChI=1S/C16H23FN2O3.ClH/c1-16(2,21)14(18)15(20)19-9-7-13(8-10-19)22-12-5-3-11(17)4-6-12;/h3-6,13-14,21H,7-10,18H2,1-2H3;1H/t14-;/m1./s1. The number of rotatable bonds is 4. The average molecular weight is 347 g/mol. The van der Waals surface area contributed by atoms with Gasteiger partial charge in [-0.2, -0.15) is 0 Å². The molecular weight excluding hydrogens is 323 g/mol. The van der Waals surface area contributed by atoms with Crippen LogP contribution in [0.4, 0.5) is 4.39 Å². The lowest BCUT2D eigenvalue weighted by Crippen LogP contribution is -2.56. The van der Waals surface area contributed by atoms with Crippen LogP contribution in [0.25, 0.3) is 0 Å². The lowest BCUT2D eigenvalue weighted by molar-refractivity contribution is -0.139. The number of likely N-dealkylation sites (tertiary alicyclic amines) is 1. The van der Waals surface area contributed by atoms with Crippen LogP contribution in [-0.4, -0.2) is 46.7 Å². The van der Waals surface area contributed by atoms with Gasteiger partial charge < -0.3 is 20.5 Å². The Morgan fingerprint density at radius 3 is 2.35 bits per heavy atom. The highest BCUT2D eigenvalue weighted by Gasteiger charge is 2.34. The van der Waals surface area contributed by atoms with Gasteiger partial charge in [-0.1, -0.05) is 0 Å². The van der Waals surface area contributed by atoms with E-state index in [2.05, 4.69) is 0 Å². The Morgan fingerprint density at radius 1 is 1.35 bits per heavy atom. The van der Waals surface area contributed by atoms with Gasteiger partial charge >= 0.3 is 0 Å². The van der Waals surface area contributed by atoms with E-state index < -0.39 is 11.6 Å². The van der Waals surface area contributed by atoms with E-state index in [1.807, 2.05) is 0 Å². The molecule has 1 amide bonds. The highest BCUT2D eigenvalue weighted by atomic mass is 35.5. The summed E-state index contributed by atoms with van der Waals surface area (Å²) in [7, 11) is 0. The largest absolute Gasteiger partial charge is 0.490 e. The topological polar surface area (TPSA) is 75.8 Å². The quantitative estimate of drug-likeness (QED) is 0.870. The number of amides is 1. The highest BCUT2D eigenvalue weighted by molar-refractivity contribution is 5.85. The van der Waals surface area contributed by atoms with Crippen LogP contribution in [0.1, 0.15) is 26.7 Å². The number of benzene rings is 1. The van der Waals surface area contributed by atoms with Crippen molar-refractivity contribution in [2.45, 2.75) is 44.4 Å². The van der Waals surface area contributed by atoms with Crippen molar-refractivity contribution in [1.82, 2.24) is 4.90 Å². The molecule has 1 aromatic rings. The lowest BCUT2D eigenvalue weighted by atomic mass is 9.97. The summed E-state index contributed by atoms with van der Waals surface area (Å²) in [5, 5.41) is 9.83. The molecule has 1 heterocycles. The number of nitrogens with two attached hydrogens (primary N) is 1. The summed E-state index contributed by atoms with van der Waals surface area (Å²) in [5.41, 5.74) is 4.55. The molecule has 5 nitrogen and oxygen atoms in total. The van der Waals surface area contributed by atoms with Crippen molar-refractivity contribution in [2.75, 3.05) is 13.1 Å². The third-order valence-corrected chi connectivity index (χ3v) is 3.90. The number of hydrogen-bond donors (Lipinski definition) is 2. The molecule has 1 aliphatic heterocycles. The van der Waals surface area contributed by atoms with E-state index in [0.717, 1.165) is 0 Å². The summed E-state index contributed by atoms with van der Waals surface area (Å²) < 4.78 is 18.6. The fourth-order valence-corrected chi connectivity index (χ4v) is 2.40. The second-order valence-corrected chi connectivity index (χ2v) is 6.23. The molecule has 0 saturated carbocycles. The van der Waals surface area contributed by atoms with E-state index in [4.69, 9.17) is 10.5 Å². The minimum atomic E-state index is -1.24. The van der Waals surface area contributed by atoms with Crippen molar-refractivity contribution < 1.29 is 19.0 Å². The smallest absolute Gasteiger partial charge is 0.242 e. The van der Waals surface area contributed by atoms with Crippen molar-refractivity contribution in [3.63, 3.8) is 0 Å². The molecule has 0 aliphatic carbocycles. The van der Waals surface area contributed by atoms with Crippen LogP contribution < -0.4 is 10.5 Å². The first-order valence-electron chi connectivity index (χ1n) is 7.46. The van der Waals surface area contributed by atoms with Crippen LogP contribution in [0, 0.1) is 5.82 Å². The molecule has 0 bridgehead atoms. The second-order valence-electron chi connectivity index (χ2n) is 6.23.